The van der Waals surface area contributed by atoms with Gasteiger partial charge >= 0.3 is 43.7 Å². The Labute approximate surface area is 75.2 Å². The van der Waals surface area contributed by atoms with Gasteiger partial charge in [0.2, 0.25) is 0 Å². The van der Waals surface area contributed by atoms with Gasteiger partial charge in [0.05, 0.1) is 0 Å². The molecule has 38 valence electrons. The SMILES string of the molecule is C=C(C)C(=O)O.[Ca+2].[H-].[H-]. The molecule has 1 N–H and O–H groups in total. The molecule has 0 aromatic heterocycles. The summed E-state index contributed by atoms with van der Waals surface area (Å²) in [7, 11) is 0. The van der Waals surface area contributed by atoms with E-state index in [9.17, 15) is 4.79 Å². The molecule has 0 unspecified atom stereocenters. The summed E-state index contributed by atoms with van der Waals surface area (Å²) in [6, 6.07) is 0. The van der Waals surface area contributed by atoms with Crippen LogP contribution in [-0.2, 0) is 4.79 Å². The van der Waals surface area contributed by atoms with Gasteiger partial charge in [0.25, 0.3) is 0 Å². The van der Waals surface area contributed by atoms with E-state index in [0.29, 0.717) is 0 Å². The molecule has 0 saturated heterocycles. The van der Waals surface area contributed by atoms with E-state index in [2.05, 4.69) is 6.58 Å². The topological polar surface area (TPSA) is 37.3 Å². The molecule has 0 aliphatic carbocycles. The van der Waals surface area contributed by atoms with Crippen LogP contribution in [0, 0.1) is 0 Å². The molecule has 0 fully saturated rings. The summed E-state index contributed by atoms with van der Waals surface area (Å²) in [4.78, 5) is 9.60. The standard InChI is InChI=1S/C4H6O2.Ca.2H/c1-3(2)4(5)6;;;/h1H2,2H3,(H,5,6);;;/q;+2;2*-1. The van der Waals surface area contributed by atoms with E-state index in [0.717, 1.165) is 0 Å². The molecule has 0 aromatic rings. The summed E-state index contributed by atoms with van der Waals surface area (Å²) in [6.45, 7) is 4.60. The zero-order valence-electron chi connectivity index (χ0n) is 6.27. The fourth-order valence-electron chi connectivity index (χ4n) is 0. The second kappa shape index (κ2) is 4.62. The van der Waals surface area contributed by atoms with Crippen molar-refractivity contribution in [2.45, 2.75) is 6.92 Å². The number of aliphatic carboxylic acids is 1. The van der Waals surface area contributed by atoms with Gasteiger partial charge in [-0.05, 0) is 6.92 Å². The zero-order valence-corrected chi connectivity index (χ0v) is 6.48. The number of carboxylic acids is 1. The minimum absolute atomic E-state index is 0. The molecule has 0 atom stereocenters. The van der Waals surface area contributed by atoms with Gasteiger partial charge in [-0.25, -0.2) is 4.79 Å². The third-order valence-corrected chi connectivity index (χ3v) is 0.365. The van der Waals surface area contributed by atoms with E-state index in [-0.39, 0.29) is 46.2 Å². The van der Waals surface area contributed by atoms with Crippen LogP contribution in [-0.4, -0.2) is 48.8 Å². The number of rotatable bonds is 1. The Morgan fingerprint density at radius 2 is 2.00 bits per heavy atom. The average Bonchev–Trinajstić information content (AvgIpc) is 1.36. The predicted octanol–water partition coefficient (Wildman–Crippen LogP) is 0.491. The first kappa shape index (κ1) is 10.5. The summed E-state index contributed by atoms with van der Waals surface area (Å²) in [5.74, 6) is -0.935. The van der Waals surface area contributed by atoms with E-state index < -0.39 is 5.97 Å². The fourth-order valence-corrected chi connectivity index (χ4v) is 0. The van der Waals surface area contributed by atoms with Crippen LogP contribution < -0.4 is 0 Å². The van der Waals surface area contributed by atoms with E-state index >= 15 is 0 Å². The summed E-state index contributed by atoms with van der Waals surface area (Å²) < 4.78 is 0. The Kier molecular flexibility index (Phi) is 6.90. The predicted molar refractivity (Wildman–Crippen MR) is 30.4 cm³/mol. The molecule has 0 amide bonds. The maximum atomic E-state index is 9.60. The van der Waals surface area contributed by atoms with Crippen molar-refractivity contribution in [2.24, 2.45) is 0 Å². The van der Waals surface area contributed by atoms with Gasteiger partial charge in [0.15, 0.2) is 0 Å². The van der Waals surface area contributed by atoms with E-state index in [1.54, 1.807) is 0 Å². The first-order valence-electron chi connectivity index (χ1n) is 1.53. The molecule has 0 aliphatic heterocycles. The smallest absolute Gasteiger partial charge is 1.00 e. The van der Waals surface area contributed by atoms with E-state index in [1.165, 1.54) is 6.92 Å². The first-order valence-corrected chi connectivity index (χ1v) is 1.53. The maximum Gasteiger partial charge on any atom is 2.00 e. The van der Waals surface area contributed by atoms with Gasteiger partial charge in [-0.3, -0.25) is 0 Å². The maximum absolute atomic E-state index is 9.60. The van der Waals surface area contributed by atoms with E-state index in [1.807, 2.05) is 0 Å². The van der Waals surface area contributed by atoms with Gasteiger partial charge in [0, 0.05) is 5.57 Å². The molecule has 0 aliphatic rings. The zero-order chi connectivity index (χ0) is 5.15. The van der Waals surface area contributed by atoms with Crippen molar-refractivity contribution in [1.29, 1.82) is 0 Å². The van der Waals surface area contributed by atoms with Crippen molar-refractivity contribution in [1.82, 2.24) is 0 Å². The van der Waals surface area contributed by atoms with Gasteiger partial charge in [-0.1, -0.05) is 6.58 Å². The second-order valence-electron chi connectivity index (χ2n) is 1.09. The molecule has 0 rings (SSSR count). The van der Waals surface area contributed by atoms with Crippen molar-refractivity contribution in [3.8, 4) is 0 Å². The normalized spacial score (nSPS) is 6.43. The minimum atomic E-state index is -0.935. The molecular formula is C4H8CaO2. The van der Waals surface area contributed by atoms with Crippen LogP contribution in [0.5, 0.6) is 0 Å². The van der Waals surface area contributed by atoms with Crippen LogP contribution in [0.15, 0.2) is 12.2 Å². The Morgan fingerprint density at radius 1 is 1.86 bits per heavy atom. The monoisotopic (exact) mass is 128 g/mol. The Morgan fingerprint density at radius 3 is 2.00 bits per heavy atom. The molecule has 0 heterocycles. The largest absolute Gasteiger partial charge is 2.00 e. The van der Waals surface area contributed by atoms with Crippen molar-refractivity contribution >= 4 is 43.7 Å². The van der Waals surface area contributed by atoms with Gasteiger partial charge in [0.1, 0.15) is 0 Å². The van der Waals surface area contributed by atoms with Gasteiger partial charge in [-0.15, -0.1) is 0 Å². The van der Waals surface area contributed by atoms with Crippen LogP contribution in [0.1, 0.15) is 9.78 Å². The third kappa shape index (κ3) is 6.47. The third-order valence-electron chi connectivity index (χ3n) is 0.365. The molecule has 0 saturated carbocycles. The number of carbonyl (C=O) groups is 1. The number of hydrogen-bond acceptors (Lipinski definition) is 1. The molecule has 2 nitrogen and oxygen atoms in total. The average molecular weight is 128 g/mol. The summed E-state index contributed by atoms with van der Waals surface area (Å²) in [5.41, 5.74) is 0.176. The summed E-state index contributed by atoms with van der Waals surface area (Å²) in [5, 5.41) is 7.89. The van der Waals surface area contributed by atoms with Crippen LogP contribution >= 0.6 is 0 Å². The van der Waals surface area contributed by atoms with Crippen LogP contribution in [0.25, 0.3) is 0 Å². The van der Waals surface area contributed by atoms with Crippen LogP contribution in [0.3, 0.4) is 0 Å². The molecule has 0 bridgehead atoms. The fraction of sp³-hybridized carbons (Fsp3) is 0.250. The van der Waals surface area contributed by atoms with Crippen molar-refractivity contribution in [2.75, 3.05) is 0 Å². The van der Waals surface area contributed by atoms with Crippen molar-refractivity contribution in [3.05, 3.63) is 12.2 Å². The number of carboxylic acid groups (broad SMARTS) is 1. The summed E-state index contributed by atoms with van der Waals surface area (Å²) >= 11 is 0. The van der Waals surface area contributed by atoms with Crippen molar-refractivity contribution < 1.29 is 12.8 Å². The second-order valence-corrected chi connectivity index (χ2v) is 1.09. The molecular weight excluding hydrogens is 120 g/mol. The van der Waals surface area contributed by atoms with Gasteiger partial charge < -0.3 is 7.96 Å². The Hall–Kier alpha value is 0.470. The molecule has 0 spiro atoms. The van der Waals surface area contributed by atoms with Crippen LogP contribution in [0.4, 0.5) is 0 Å². The van der Waals surface area contributed by atoms with Crippen molar-refractivity contribution in [3.63, 3.8) is 0 Å². The first-order chi connectivity index (χ1) is 2.64. The van der Waals surface area contributed by atoms with Gasteiger partial charge in [-0.2, -0.15) is 0 Å². The number of hydrogen-bond donors (Lipinski definition) is 1. The Bertz CT molecular complexity index is 82.6. The Balaban J connectivity index is -0.0000000417. The van der Waals surface area contributed by atoms with E-state index in [4.69, 9.17) is 5.11 Å². The molecule has 0 aromatic carbocycles. The quantitative estimate of drug-likeness (QED) is 0.412. The van der Waals surface area contributed by atoms with Crippen LogP contribution in [0.2, 0.25) is 0 Å². The summed E-state index contributed by atoms with van der Waals surface area (Å²) in [6.07, 6.45) is 0. The minimum Gasteiger partial charge on any atom is -1.00 e. The molecule has 3 heteroatoms. The molecule has 7 heavy (non-hydrogen) atoms. The molecule has 0 radical (unpaired) electrons.